The summed E-state index contributed by atoms with van der Waals surface area (Å²) in [6, 6.07) is 1.000. The maximum absolute atomic E-state index is 14.0. The Morgan fingerprint density at radius 3 is 2.41 bits per heavy atom. The highest BCUT2D eigenvalue weighted by molar-refractivity contribution is 7.89. The monoisotopic (exact) mass is 405 g/mol. The van der Waals surface area contributed by atoms with Crippen LogP contribution in [-0.2, 0) is 10.0 Å². The molecule has 0 saturated carbocycles. The summed E-state index contributed by atoms with van der Waals surface area (Å²) in [5.41, 5.74) is -1.22. The molecule has 1 heterocycles. The first kappa shape index (κ1) is 20.7. The molecule has 0 aliphatic heterocycles. The highest BCUT2D eigenvalue weighted by Gasteiger charge is 2.50. The molecule has 1 aromatic heterocycles. The van der Waals surface area contributed by atoms with E-state index in [1.807, 2.05) is 0 Å². The van der Waals surface area contributed by atoms with E-state index in [0.717, 1.165) is 25.4 Å². The maximum atomic E-state index is 14.0. The topological polar surface area (TPSA) is 74.1 Å². The number of benzene rings is 1. The Morgan fingerprint density at radius 2 is 1.89 bits per heavy atom. The van der Waals surface area contributed by atoms with Crippen LogP contribution in [0.4, 0.5) is 22.0 Å². The zero-order valence-corrected chi connectivity index (χ0v) is 14.5. The molecule has 1 aromatic carbocycles. The number of nitrogens with zero attached hydrogens (tertiary/aromatic N) is 3. The molecule has 27 heavy (non-hydrogen) atoms. The van der Waals surface area contributed by atoms with Crippen LogP contribution in [0.15, 0.2) is 41.6 Å². The average Bonchev–Trinajstić information content (AvgIpc) is 2.59. The van der Waals surface area contributed by atoms with Gasteiger partial charge in [0.25, 0.3) is 0 Å². The number of aromatic nitrogens is 1. The third-order valence-electron chi connectivity index (χ3n) is 3.62. The number of nitriles is 1. The van der Waals surface area contributed by atoms with Gasteiger partial charge in [-0.05, 0) is 12.1 Å². The van der Waals surface area contributed by atoms with E-state index in [2.05, 4.69) is 4.98 Å². The van der Waals surface area contributed by atoms with E-state index in [9.17, 15) is 30.4 Å². The second-order valence-corrected chi connectivity index (χ2v) is 7.23. The first-order valence-corrected chi connectivity index (χ1v) is 8.85. The number of sulfonamides is 1. The Labute approximate surface area is 151 Å². The predicted octanol–water partition coefficient (Wildman–Crippen LogP) is 3.55. The number of hydrogen-bond donors (Lipinski definition) is 0. The Kier molecular flexibility index (Phi) is 5.82. The van der Waals surface area contributed by atoms with Crippen LogP contribution in [0.25, 0.3) is 0 Å². The zero-order chi connectivity index (χ0) is 20.4. The van der Waals surface area contributed by atoms with Gasteiger partial charge in [0.1, 0.15) is 28.6 Å². The van der Waals surface area contributed by atoms with E-state index in [0.29, 0.717) is 12.1 Å². The molecule has 0 bridgehead atoms. The molecule has 0 fully saturated rings. The van der Waals surface area contributed by atoms with Crippen molar-refractivity contribution in [3.05, 3.63) is 59.4 Å². The van der Waals surface area contributed by atoms with Gasteiger partial charge in [0.2, 0.25) is 10.0 Å². The molecule has 2 aromatic rings. The number of hydrogen-bond acceptors (Lipinski definition) is 4. The summed E-state index contributed by atoms with van der Waals surface area (Å²) >= 11 is 0. The fraction of sp³-hybridized carbons (Fsp3) is 0.250. The van der Waals surface area contributed by atoms with Crippen molar-refractivity contribution in [2.45, 2.75) is 24.0 Å². The maximum Gasteiger partial charge on any atom is 0.409 e. The van der Waals surface area contributed by atoms with Crippen LogP contribution in [0.3, 0.4) is 0 Å². The minimum absolute atomic E-state index is 0.0293. The lowest BCUT2D eigenvalue weighted by Gasteiger charge is -2.31. The summed E-state index contributed by atoms with van der Waals surface area (Å²) in [7, 11) is -4.80. The lowest BCUT2D eigenvalue weighted by molar-refractivity contribution is -0.174. The molecule has 0 spiro atoms. The van der Waals surface area contributed by atoms with E-state index in [1.165, 1.54) is 0 Å². The summed E-state index contributed by atoms with van der Waals surface area (Å²) in [4.78, 5) is 2.88. The van der Waals surface area contributed by atoms with Crippen molar-refractivity contribution in [1.29, 1.82) is 5.26 Å². The molecule has 0 N–H and O–H groups in total. The smallest absolute Gasteiger partial charge is 0.262 e. The van der Waals surface area contributed by atoms with Gasteiger partial charge in [0, 0.05) is 30.6 Å². The fourth-order valence-electron chi connectivity index (χ4n) is 2.47. The molecule has 0 radical (unpaired) electrons. The van der Waals surface area contributed by atoms with E-state index in [4.69, 9.17) is 5.26 Å². The van der Waals surface area contributed by atoms with Crippen LogP contribution in [0.1, 0.15) is 24.1 Å². The lowest BCUT2D eigenvalue weighted by Crippen LogP contribution is -2.42. The molecule has 0 amide bonds. The first-order chi connectivity index (χ1) is 12.5. The predicted molar refractivity (Wildman–Crippen MR) is 83.7 cm³/mol. The van der Waals surface area contributed by atoms with Crippen molar-refractivity contribution in [3.8, 4) is 6.07 Å². The second-order valence-electron chi connectivity index (χ2n) is 5.34. The number of pyridine rings is 1. The van der Waals surface area contributed by atoms with Crippen LogP contribution in [0, 0.1) is 23.0 Å². The third-order valence-corrected chi connectivity index (χ3v) is 5.52. The van der Waals surface area contributed by atoms with Crippen molar-refractivity contribution in [2.75, 3.05) is 6.54 Å². The van der Waals surface area contributed by atoms with Gasteiger partial charge in [-0.25, -0.2) is 17.2 Å². The van der Waals surface area contributed by atoms with Crippen molar-refractivity contribution in [2.24, 2.45) is 0 Å². The molecule has 0 saturated heterocycles. The summed E-state index contributed by atoms with van der Waals surface area (Å²) < 4.78 is 93.7. The third kappa shape index (κ3) is 4.23. The van der Waals surface area contributed by atoms with Gasteiger partial charge in [-0.15, -0.1) is 0 Å². The van der Waals surface area contributed by atoms with E-state index >= 15 is 0 Å². The van der Waals surface area contributed by atoms with Crippen LogP contribution in [0.5, 0.6) is 0 Å². The number of rotatable bonds is 5. The molecule has 0 aliphatic carbocycles. The van der Waals surface area contributed by atoms with Gasteiger partial charge in [-0.3, -0.25) is 4.98 Å². The zero-order valence-electron chi connectivity index (χ0n) is 13.7. The molecule has 0 aliphatic rings. The summed E-state index contributed by atoms with van der Waals surface area (Å²) in [5.74, 6) is -2.64. The van der Waals surface area contributed by atoms with E-state index in [1.54, 1.807) is 6.07 Å². The van der Waals surface area contributed by atoms with Crippen molar-refractivity contribution < 1.29 is 30.4 Å². The normalized spacial score (nSPS) is 13.4. The Morgan fingerprint density at radius 1 is 1.22 bits per heavy atom. The van der Waals surface area contributed by atoms with E-state index < -0.39 is 50.9 Å². The molecule has 5 nitrogen and oxygen atoms in total. The average molecular weight is 405 g/mol. The molecular formula is C16H12F5N3O2S. The highest BCUT2D eigenvalue weighted by Crippen LogP contribution is 2.41. The Balaban J connectivity index is 2.66. The summed E-state index contributed by atoms with van der Waals surface area (Å²) in [6.07, 6.45) is -3.37. The van der Waals surface area contributed by atoms with Crippen LogP contribution < -0.4 is 0 Å². The van der Waals surface area contributed by atoms with Gasteiger partial charge < -0.3 is 0 Å². The molecular weight excluding hydrogens is 393 g/mol. The standard InChI is InChI=1S/C16H12F5N3O2S/c1-2-24(27(25,26)12-5-10(7-22)8-23-9-12)15(16(19,20)21)13-4-3-11(17)6-14(13)18/h3-6,8-9,15H,2H2,1H3/t15-/m1/s1. The van der Waals surface area contributed by atoms with Crippen molar-refractivity contribution in [3.63, 3.8) is 0 Å². The van der Waals surface area contributed by atoms with Gasteiger partial charge in [0.15, 0.2) is 0 Å². The molecule has 0 unspecified atom stereocenters. The summed E-state index contributed by atoms with van der Waals surface area (Å²) in [6.45, 7) is 0.472. The summed E-state index contributed by atoms with van der Waals surface area (Å²) in [5, 5.41) is 8.84. The van der Waals surface area contributed by atoms with Gasteiger partial charge in [0.05, 0.1) is 5.56 Å². The Bertz CT molecular complexity index is 986. The van der Waals surface area contributed by atoms with Gasteiger partial charge in [-0.1, -0.05) is 13.0 Å². The van der Waals surface area contributed by atoms with Crippen LogP contribution in [-0.4, -0.2) is 30.4 Å². The molecule has 11 heteroatoms. The first-order valence-electron chi connectivity index (χ1n) is 7.41. The highest BCUT2D eigenvalue weighted by atomic mass is 32.2. The minimum Gasteiger partial charge on any atom is -0.262 e. The molecule has 1 atom stereocenters. The van der Waals surface area contributed by atoms with Crippen LogP contribution in [0.2, 0.25) is 0 Å². The van der Waals surface area contributed by atoms with Crippen LogP contribution >= 0.6 is 0 Å². The van der Waals surface area contributed by atoms with Gasteiger partial charge >= 0.3 is 6.18 Å². The SMILES string of the molecule is CCN([C@H](c1ccc(F)cc1F)C(F)(F)F)S(=O)(=O)c1cncc(C#N)c1. The Hall–Kier alpha value is -2.58. The van der Waals surface area contributed by atoms with Gasteiger partial charge in [-0.2, -0.15) is 22.7 Å². The lowest BCUT2D eigenvalue weighted by atomic mass is 10.1. The quantitative estimate of drug-likeness (QED) is 0.714. The van der Waals surface area contributed by atoms with Crippen molar-refractivity contribution in [1.82, 2.24) is 9.29 Å². The minimum atomic E-state index is -5.19. The van der Waals surface area contributed by atoms with E-state index in [-0.39, 0.29) is 15.9 Å². The van der Waals surface area contributed by atoms with Crippen molar-refractivity contribution >= 4 is 10.0 Å². The number of halogens is 5. The second kappa shape index (κ2) is 7.58. The fourth-order valence-corrected chi connectivity index (χ4v) is 4.06. The largest absolute Gasteiger partial charge is 0.409 e. The molecule has 2 rings (SSSR count). The number of alkyl halides is 3. The molecule has 144 valence electrons.